The smallest absolute Gasteiger partial charge is 0.269 e. The molecule has 0 fully saturated rings. The Kier molecular flexibility index (Phi) is 3.68. The minimum absolute atomic E-state index is 0.0492. The highest BCUT2D eigenvalue weighted by molar-refractivity contribution is 7.12. The van der Waals surface area contributed by atoms with E-state index in [1.807, 2.05) is 40.7 Å². The van der Waals surface area contributed by atoms with Gasteiger partial charge in [-0.15, -0.1) is 11.3 Å². The van der Waals surface area contributed by atoms with Gasteiger partial charge >= 0.3 is 0 Å². The minimum Gasteiger partial charge on any atom is -0.464 e. The average Bonchev–Trinajstić information content (AvgIpc) is 3.37. The molecule has 0 radical (unpaired) electrons. The molecule has 2 aliphatic rings. The summed E-state index contributed by atoms with van der Waals surface area (Å²) in [5.74, 6) is 0.804. The van der Waals surface area contributed by atoms with Gasteiger partial charge < -0.3 is 4.74 Å². The molecule has 27 heavy (non-hydrogen) atoms. The number of hydrazone groups is 1. The van der Waals surface area contributed by atoms with Crippen molar-refractivity contribution in [1.29, 1.82) is 0 Å². The van der Waals surface area contributed by atoms with Gasteiger partial charge in [-0.1, -0.05) is 36.4 Å². The van der Waals surface area contributed by atoms with E-state index >= 15 is 0 Å². The number of nitro groups is 1. The van der Waals surface area contributed by atoms with Crippen LogP contribution in [-0.2, 0) is 0 Å². The first-order valence-electron chi connectivity index (χ1n) is 8.60. The van der Waals surface area contributed by atoms with Gasteiger partial charge in [0.1, 0.15) is 5.75 Å². The summed E-state index contributed by atoms with van der Waals surface area (Å²) in [5.41, 5.74) is 2.88. The standard InChI is InChI=1S/C20H15N3O3S/c24-23(25)14-6-3-5-13(11-14)20-22-17(15-7-1-2-8-18(15)26-20)12-16(21-22)19-9-4-10-27-19/h1-11,17,20H,12H2/t17-,20-/m1/s1. The molecule has 0 amide bonds. The van der Waals surface area contributed by atoms with Crippen LogP contribution in [-0.4, -0.2) is 15.6 Å². The predicted molar refractivity (Wildman–Crippen MR) is 103 cm³/mol. The minimum atomic E-state index is -0.498. The zero-order chi connectivity index (χ0) is 18.4. The van der Waals surface area contributed by atoms with E-state index in [9.17, 15) is 10.1 Å². The zero-order valence-corrected chi connectivity index (χ0v) is 15.0. The summed E-state index contributed by atoms with van der Waals surface area (Å²) in [4.78, 5) is 11.9. The lowest BCUT2D eigenvalue weighted by Crippen LogP contribution is -2.33. The molecule has 5 rings (SSSR count). The molecule has 2 atom stereocenters. The molecule has 0 spiro atoms. The molecular formula is C20H15N3O3S. The van der Waals surface area contributed by atoms with Gasteiger partial charge in [-0.05, 0) is 17.5 Å². The van der Waals surface area contributed by atoms with Crippen LogP contribution in [0.4, 0.5) is 5.69 Å². The van der Waals surface area contributed by atoms with Crippen molar-refractivity contribution >= 4 is 22.7 Å². The number of hydrogen-bond donors (Lipinski definition) is 0. The van der Waals surface area contributed by atoms with E-state index in [0.717, 1.165) is 33.9 Å². The third-order valence-corrected chi connectivity index (χ3v) is 5.79. The maximum Gasteiger partial charge on any atom is 0.269 e. The third kappa shape index (κ3) is 2.67. The van der Waals surface area contributed by atoms with Crippen molar-refractivity contribution in [3.63, 3.8) is 0 Å². The Morgan fingerprint density at radius 3 is 2.85 bits per heavy atom. The summed E-state index contributed by atoms with van der Waals surface area (Å²) in [7, 11) is 0. The Bertz CT molecular complexity index is 1050. The lowest BCUT2D eigenvalue weighted by Gasteiger charge is -2.38. The largest absolute Gasteiger partial charge is 0.464 e. The van der Waals surface area contributed by atoms with E-state index in [2.05, 4.69) is 12.1 Å². The van der Waals surface area contributed by atoms with Gasteiger partial charge in [-0.3, -0.25) is 10.1 Å². The molecule has 134 valence electrons. The highest BCUT2D eigenvalue weighted by Gasteiger charge is 2.41. The van der Waals surface area contributed by atoms with Gasteiger partial charge in [0, 0.05) is 29.7 Å². The lowest BCUT2D eigenvalue weighted by atomic mass is 9.97. The second kappa shape index (κ2) is 6.21. The van der Waals surface area contributed by atoms with Crippen LogP contribution in [0.5, 0.6) is 5.75 Å². The van der Waals surface area contributed by atoms with E-state index in [1.165, 1.54) is 6.07 Å². The summed E-state index contributed by atoms with van der Waals surface area (Å²) in [6.45, 7) is 0. The van der Waals surface area contributed by atoms with Crippen molar-refractivity contribution in [1.82, 2.24) is 5.01 Å². The van der Waals surface area contributed by atoms with E-state index in [1.54, 1.807) is 23.5 Å². The number of fused-ring (bicyclic) bond motifs is 3. The first-order chi connectivity index (χ1) is 13.2. The Hall–Kier alpha value is -3.19. The van der Waals surface area contributed by atoms with Gasteiger partial charge in [0.2, 0.25) is 6.23 Å². The zero-order valence-electron chi connectivity index (χ0n) is 14.2. The molecule has 1 aromatic heterocycles. The van der Waals surface area contributed by atoms with Gasteiger partial charge in [-0.25, -0.2) is 5.01 Å². The predicted octanol–water partition coefficient (Wildman–Crippen LogP) is 4.90. The number of ether oxygens (including phenoxy) is 1. The van der Waals surface area contributed by atoms with Crippen LogP contribution < -0.4 is 4.74 Å². The van der Waals surface area contributed by atoms with E-state index < -0.39 is 6.23 Å². The fourth-order valence-corrected chi connectivity index (χ4v) is 4.36. The second-order valence-electron chi connectivity index (χ2n) is 6.48. The normalized spacial score (nSPS) is 20.4. The molecule has 0 saturated carbocycles. The summed E-state index contributed by atoms with van der Waals surface area (Å²) >= 11 is 1.66. The first kappa shape index (κ1) is 16.0. The van der Waals surface area contributed by atoms with Crippen LogP contribution >= 0.6 is 11.3 Å². The molecule has 0 aliphatic carbocycles. The van der Waals surface area contributed by atoms with E-state index in [0.29, 0.717) is 0 Å². The molecule has 0 saturated heterocycles. The number of benzene rings is 2. The number of para-hydroxylation sites is 1. The Balaban J connectivity index is 1.61. The molecule has 3 heterocycles. The Labute approximate surface area is 159 Å². The van der Waals surface area contributed by atoms with Gasteiger partial charge in [-0.2, -0.15) is 5.10 Å². The van der Waals surface area contributed by atoms with Crippen molar-refractivity contribution in [2.75, 3.05) is 0 Å². The second-order valence-corrected chi connectivity index (χ2v) is 7.43. The molecule has 6 nitrogen and oxygen atoms in total. The molecular weight excluding hydrogens is 362 g/mol. The maximum atomic E-state index is 11.2. The molecule has 2 aromatic carbocycles. The van der Waals surface area contributed by atoms with Gasteiger partial charge in [0.15, 0.2) is 0 Å². The number of rotatable bonds is 3. The maximum absolute atomic E-state index is 11.2. The summed E-state index contributed by atoms with van der Waals surface area (Å²) in [6.07, 6.45) is 0.286. The van der Waals surface area contributed by atoms with Crippen molar-refractivity contribution in [3.8, 4) is 5.75 Å². The van der Waals surface area contributed by atoms with Crippen LogP contribution in [0.3, 0.4) is 0 Å². The molecule has 0 unspecified atom stereocenters. The molecule has 3 aromatic rings. The van der Waals surface area contributed by atoms with Crippen molar-refractivity contribution in [2.24, 2.45) is 5.10 Å². The van der Waals surface area contributed by atoms with E-state index in [4.69, 9.17) is 9.84 Å². The SMILES string of the molecule is O=[N+]([O-])c1cccc([C@H]2Oc3ccccc3[C@H]3CC(c4cccs4)=NN32)c1. The van der Waals surface area contributed by atoms with Crippen LogP contribution in [0.15, 0.2) is 71.1 Å². The van der Waals surface area contributed by atoms with Crippen LogP contribution in [0.2, 0.25) is 0 Å². The summed E-state index contributed by atoms with van der Waals surface area (Å²) in [5, 5.41) is 20.0. The summed E-state index contributed by atoms with van der Waals surface area (Å²) < 4.78 is 6.23. The fourth-order valence-electron chi connectivity index (χ4n) is 3.64. The Morgan fingerprint density at radius 2 is 2.04 bits per heavy atom. The van der Waals surface area contributed by atoms with Crippen molar-refractivity contribution < 1.29 is 9.66 Å². The average molecular weight is 377 g/mol. The third-order valence-electron chi connectivity index (χ3n) is 4.87. The quantitative estimate of drug-likeness (QED) is 0.481. The van der Waals surface area contributed by atoms with E-state index in [-0.39, 0.29) is 16.7 Å². The first-order valence-corrected chi connectivity index (χ1v) is 9.48. The summed E-state index contributed by atoms with van der Waals surface area (Å²) in [6, 6.07) is 18.7. The van der Waals surface area contributed by atoms with Crippen molar-refractivity contribution in [3.05, 3.63) is 92.2 Å². The van der Waals surface area contributed by atoms with Crippen LogP contribution in [0.1, 0.15) is 34.7 Å². The number of nitrogens with zero attached hydrogens (tertiary/aromatic N) is 3. The fraction of sp³-hybridized carbons (Fsp3) is 0.150. The molecule has 0 bridgehead atoms. The topological polar surface area (TPSA) is 68.0 Å². The van der Waals surface area contributed by atoms with Gasteiger partial charge in [0.05, 0.1) is 21.6 Å². The molecule has 2 aliphatic heterocycles. The molecule has 7 heteroatoms. The highest BCUT2D eigenvalue weighted by Crippen LogP contribution is 2.47. The Morgan fingerprint density at radius 1 is 1.15 bits per heavy atom. The highest BCUT2D eigenvalue weighted by atomic mass is 32.1. The number of non-ortho nitro benzene ring substituents is 1. The van der Waals surface area contributed by atoms with Crippen LogP contribution in [0, 0.1) is 10.1 Å². The van der Waals surface area contributed by atoms with Crippen LogP contribution in [0.25, 0.3) is 0 Å². The molecule has 0 N–H and O–H groups in total. The number of hydrogen-bond acceptors (Lipinski definition) is 6. The lowest BCUT2D eigenvalue weighted by molar-refractivity contribution is -0.385. The van der Waals surface area contributed by atoms with Gasteiger partial charge in [0.25, 0.3) is 5.69 Å². The number of thiophene rings is 1. The van der Waals surface area contributed by atoms with Crippen molar-refractivity contribution in [2.45, 2.75) is 18.7 Å². The number of nitro benzene ring substituents is 1. The monoisotopic (exact) mass is 377 g/mol.